The van der Waals surface area contributed by atoms with Crippen LogP contribution in [0.4, 0.5) is 0 Å². The normalized spacial score (nSPS) is 22.2. The van der Waals surface area contributed by atoms with E-state index in [1.165, 1.54) is 89.9 Å². The Kier molecular flexibility index (Phi) is 14.6. The van der Waals surface area contributed by atoms with E-state index in [9.17, 15) is 0 Å². The molecular formula is C18H36N4. The number of nitrogens with one attached hydrogen (secondary N) is 4. The van der Waals surface area contributed by atoms with Gasteiger partial charge in [0.25, 0.3) is 0 Å². The molecule has 0 atom stereocenters. The summed E-state index contributed by atoms with van der Waals surface area (Å²) >= 11 is 0. The Morgan fingerprint density at radius 3 is 1.59 bits per heavy atom. The lowest BCUT2D eigenvalue weighted by Crippen LogP contribution is -2.49. The molecule has 1 aliphatic rings. The molecule has 22 heavy (non-hydrogen) atoms. The number of hydrazine groups is 3. The van der Waals surface area contributed by atoms with Gasteiger partial charge in [-0.2, -0.15) is 11.1 Å². The Balaban J connectivity index is 2.07. The molecule has 0 saturated carbocycles. The van der Waals surface area contributed by atoms with Crippen LogP contribution in [0.25, 0.3) is 0 Å². The van der Waals surface area contributed by atoms with Gasteiger partial charge >= 0.3 is 0 Å². The summed E-state index contributed by atoms with van der Waals surface area (Å²) in [6, 6.07) is 2.91. The van der Waals surface area contributed by atoms with Gasteiger partial charge in [0.05, 0.1) is 0 Å². The average molecular weight is 309 g/mol. The van der Waals surface area contributed by atoms with Gasteiger partial charge in [-0.3, -0.25) is 5.43 Å². The predicted molar refractivity (Wildman–Crippen MR) is 94.4 cm³/mol. The Labute approximate surface area is 137 Å². The lowest BCUT2D eigenvalue weighted by Gasteiger charge is -2.07. The van der Waals surface area contributed by atoms with E-state index in [1.807, 2.05) is 0 Å². The summed E-state index contributed by atoms with van der Waals surface area (Å²) in [5.41, 5.74) is 11.7. The molecule has 1 heterocycles. The highest BCUT2D eigenvalue weighted by Crippen LogP contribution is 2.13. The maximum absolute atomic E-state index is 3.13. The molecule has 0 spiro atoms. The maximum atomic E-state index is 3.13. The van der Waals surface area contributed by atoms with Crippen LogP contribution in [0.5, 0.6) is 0 Å². The molecule has 0 amide bonds. The lowest BCUT2D eigenvalue weighted by atomic mass is 10.0. The molecule has 0 saturated heterocycles. The van der Waals surface area contributed by atoms with Crippen molar-refractivity contribution in [2.75, 3.05) is 6.54 Å². The van der Waals surface area contributed by atoms with E-state index in [0.29, 0.717) is 0 Å². The van der Waals surface area contributed by atoms with Gasteiger partial charge in [0.1, 0.15) is 0 Å². The summed E-state index contributed by atoms with van der Waals surface area (Å²) in [6.07, 6.45) is 20.3. The summed E-state index contributed by atoms with van der Waals surface area (Å²) < 4.78 is 0. The van der Waals surface area contributed by atoms with Gasteiger partial charge in [-0.15, -0.1) is 0 Å². The van der Waals surface area contributed by atoms with Crippen LogP contribution in [0.1, 0.15) is 96.3 Å². The first-order chi connectivity index (χ1) is 11.0. The number of hydrogen-bond donors (Lipinski definition) is 4. The average Bonchev–Trinajstić information content (AvgIpc) is 2.53. The van der Waals surface area contributed by atoms with Gasteiger partial charge in [-0.1, -0.05) is 83.0 Å². The summed E-state index contributed by atoms with van der Waals surface area (Å²) in [5.74, 6) is 3.13. The third-order valence-electron chi connectivity index (χ3n) is 4.22. The molecule has 0 aromatic rings. The highest BCUT2D eigenvalue weighted by molar-refractivity contribution is 4.94. The Hall–Kier alpha value is -0.760. The van der Waals surface area contributed by atoms with E-state index in [1.54, 1.807) is 0 Å². The van der Waals surface area contributed by atoms with Crippen molar-refractivity contribution in [3.8, 4) is 12.0 Å². The summed E-state index contributed by atoms with van der Waals surface area (Å²) in [5, 5.41) is 0. The minimum atomic E-state index is 0.988. The van der Waals surface area contributed by atoms with Crippen molar-refractivity contribution in [1.82, 2.24) is 21.9 Å². The van der Waals surface area contributed by atoms with Gasteiger partial charge in [-0.05, 0) is 12.8 Å². The fraction of sp³-hybridized carbons (Fsp3) is 0.889. The summed E-state index contributed by atoms with van der Waals surface area (Å²) in [6.45, 7) is 0.988. The first-order valence-corrected chi connectivity index (χ1v) is 9.46. The molecule has 128 valence electrons. The molecule has 0 fully saturated rings. The minimum Gasteiger partial charge on any atom is -0.266 e. The van der Waals surface area contributed by atoms with Crippen LogP contribution in [0, 0.1) is 12.0 Å². The molecule has 4 nitrogen and oxygen atoms in total. The van der Waals surface area contributed by atoms with Crippen LogP contribution in [-0.2, 0) is 0 Å². The quantitative estimate of drug-likeness (QED) is 0.512. The second kappa shape index (κ2) is 16.6. The molecular weight excluding hydrogens is 272 g/mol. The van der Waals surface area contributed by atoms with Crippen molar-refractivity contribution in [3.63, 3.8) is 0 Å². The molecule has 0 aromatic heterocycles. The fourth-order valence-electron chi connectivity index (χ4n) is 2.82. The van der Waals surface area contributed by atoms with Crippen LogP contribution in [0.2, 0.25) is 0 Å². The van der Waals surface area contributed by atoms with Gasteiger partial charge < -0.3 is 0 Å². The van der Waals surface area contributed by atoms with Crippen molar-refractivity contribution in [2.24, 2.45) is 0 Å². The molecule has 0 radical (unpaired) electrons. The highest BCUT2D eigenvalue weighted by Gasteiger charge is 1.94. The highest BCUT2D eigenvalue weighted by atomic mass is 15.7. The standard InChI is InChI=1S/C18H36N4/c1-2-4-6-8-10-12-14-16-18-20-22-21-19-17-15-13-11-9-7-5-3-1/h19-22H,1-15,17H2. The number of hydrogen-bond acceptors (Lipinski definition) is 4. The lowest BCUT2D eigenvalue weighted by molar-refractivity contribution is 0.400. The Bertz CT molecular complexity index is 257. The molecule has 1 aliphatic heterocycles. The minimum absolute atomic E-state index is 0.988. The van der Waals surface area contributed by atoms with Crippen LogP contribution in [-0.4, -0.2) is 6.54 Å². The molecule has 0 aliphatic carbocycles. The zero-order valence-corrected chi connectivity index (χ0v) is 14.3. The summed E-state index contributed by atoms with van der Waals surface area (Å²) in [7, 11) is 0. The van der Waals surface area contributed by atoms with E-state index in [0.717, 1.165) is 13.0 Å². The molecule has 0 aromatic carbocycles. The van der Waals surface area contributed by atoms with Gasteiger partial charge in [0.2, 0.25) is 0 Å². The molecule has 0 bridgehead atoms. The first-order valence-electron chi connectivity index (χ1n) is 9.46. The van der Waals surface area contributed by atoms with E-state index in [4.69, 9.17) is 0 Å². The summed E-state index contributed by atoms with van der Waals surface area (Å²) in [4.78, 5) is 0. The second-order valence-corrected chi connectivity index (χ2v) is 6.30. The largest absolute Gasteiger partial charge is 0.266 e. The van der Waals surface area contributed by atoms with Crippen LogP contribution in [0.15, 0.2) is 0 Å². The van der Waals surface area contributed by atoms with Crippen LogP contribution in [0.3, 0.4) is 0 Å². The first kappa shape index (κ1) is 19.3. The predicted octanol–water partition coefficient (Wildman–Crippen LogP) is 3.92. The maximum Gasteiger partial charge on any atom is 0.0213 e. The van der Waals surface area contributed by atoms with Crippen molar-refractivity contribution >= 4 is 0 Å². The fourth-order valence-corrected chi connectivity index (χ4v) is 2.82. The Morgan fingerprint density at radius 2 is 1.00 bits per heavy atom. The monoisotopic (exact) mass is 308 g/mol. The van der Waals surface area contributed by atoms with E-state index in [-0.39, 0.29) is 0 Å². The molecule has 4 N–H and O–H groups in total. The smallest absolute Gasteiger partial charge is 0.0213 e. The van der Waals surface area contributed by atoms with Gasteiger partial charge in [0.15, 0.2) is 0 Å². The molecule has 0 unspecified atom stereocenters. The van der Waals surface area contributed by atoms with E-state index < -0.39 is 0 Å². The van der Waals surface area contributed by atoms with Gasteiger partial charge in [-0.25, -0.2) is 5.43 Å². The van der Waals surface area contributed by atoms with Crippen molar-refractivity contribution in [1.29, 1.82) is 0 Å². The van der Waals surface area contributed by atoms with E-state index in [2.05, 4.69) is 33.9 Å². The SMILES string of the molecule is C1#CNNNNCCCCCCCCCCCCCCCC1. The number of rotatable bonds is 0. The zero-order valence-electron chi connectivity index (χ0n) is 14.3. The van der Waals surface area contributed by atoms with Crippen LogP contribution >= 0.6 is 0 Å². The Morgan fingerprint density at radius 1 is 0.500 bits per heavy atom. The molecule has 1 rings (SSSR count). The van der Waals surface area contributed by atoms with Crippen molar-refractivity contribution in [2.45, 2.75) is 96.3 Å². The van der Waals surface area contributed by atoms with Gasteiger partial charge in [0, 0.05) is 19.0 Å². The third kappa shape index (κ3) is 14.2. The topological polar surface area (TPSA) is 48.1 Å². The zero-order chi connectivity index (χ0) is 15.6. The van der Waals surface area contributed by atoms with Crippen molar-refractivity contribution < 1.29 is 0 Å². The third-order valence-corrected chi connectivity index (χ3v) is 4.22. The van der Waals surface area contributed by atoms with Crippen molar-refractivity contribution in [3.05, 3.63) is 0 Å². The van der Waals surface area contributed by atoms with E-state index >= 15 is 0 Å². The van der Waals surface area contributed by atoms with Crippen LogP contribution < -0.4 is 21.9 Å². The second-order valence-electron chi connectivity index (χ2n) is 6.30. The molecule has 4 heteroatoms.